The minimum atomic E-state index is -0.413. The molecule has 1 aromatic rings. The molecule has 1 amide bonds. The lowest BCUT2D eigenvalue weighted by atomic mass is 10.0. The minimum Gasteiger partial charge on any atom is -0.493 e. The molecule has 0 atom stereocenters. The number of ether oxygens (including phenoxy) is 1. The lowest BCUT2D eigenvalue weighted by Crippen LogP contribution is -2.13. The van der Waals surface area contributed by atoms with E-state index in [1.54, 1.807) is 12.1 Å². The van der Waals surface area contributed by atoms with Crippen LogP contribution in [0.4, 0.5) is 0 Å². The van der Waals surface area contributed by atoms with Crippen molar-refractivity contribution >= 4 is 5.91 Å². The molecule has 0 unspecified atom stereocenters. The van der Waals surface area contributed by atoms with Gasteiger partial charge in [0, 0.05) is 12.0 Å². The zero-order valence-corrected chi connectivity index (χ0v) is 10.2. The van der Waals surface area contributed by atoms with E-state index in [9.17, 15) is 4.79 Å². The first-order valence-electron chi connectivity index (χ1n) is 5.54. The van der Waals surface area contributed by atoms with Gasteiger partial charge in [0.15, 0.2) is 0 Å². The van der Waals surface area contributed by atoms with Crippen LogP contribution in [0.2, 0.25) is 0 Å². The fourth-order valence-corrected chi connectivity index (χ4v) is 1.58. The maximum atomic E-state index is 11.1. The Morgan fingerprint density at radius 2 is 2.12 bits per heavy atom. The zero-order valence-electron chi connectivity index (χ0n) is 10.2. The number of amides is 1. The Morgan fingerprint density at radius 3 is 2.71 bits per heavy atom. The average molecular weight is 231 g/mol. The summed E-state index contributed by atoms with van der Waals surface area (Å²) in [5.41, 5.74) is 7.63. The Balaban J connectivity index is 2.79. The predicted molar refractivity (Wildman–Crippen MR) is 68.0 cm³/mol. The Morgan fingerprint density at radius 1 is 1.41 bits per heavy atom. The summed E-state index contributed by atoms with van der Waals surface area (Å²) < 4.78 is 5.61. The van der Waals surface area contributed by atoms with Gasteiger partial charge in [0.25, 0.3) is 0 Å². The van der Waals surface area contributed by atoms with E-state index in [0.717, 1.165) is 23.3 Å². The van der Waals surface area contributed by atoms with E-state index in [0.29, 0.717) is 18.6 Å². The summed E-state index contributed by atoms with van der Waals surface area (Å²) in [6.45, 7) is 4.36. The first-order valence-corrected chi connectivity index (χ1v) is 5.54. The van der Waals surface area contributed by atoms with Crippen molar-refractivity contribution in [1.29, 1.82) is 0 Å². The van der Waals surface area contributed by atoms with Crippen LogP contribution in [-0.2, 0) is 0 Å². The second-order valence-corrected chi connectivity index (χ2v) is 3.88. The molecule has 3 nitrogen and oxygen atoms in total. The predicted octanol–water partition coefficient (Wildman–Crippen LogP) is 2.19. The quantitative estimate of drug-likeness (QED) is 0.624. The van der Waals surface area contributed by atoms with E-state index < -0.39 is 5.91 Å². The average Bonchev–Trinajstić information content (AvgIpc) is 2.29. The fourth-order valence-electron chi connectivity index (χ4n) is 1.58. The van der Waals surface area contributed by atoms with Gasteiger partial charge in [0.05, 0.1) is 6.61 Å². The molecule has 2 N–H and O–H groups in total. The largest absolute Gasteiger partial charge is 0.493 e. The van der Waals surface area contributed by atoms with E-state index in [1.807, 2.05) is 13.8 Å². The third-order valence-electron chi connectivity index (χ3n) is 2.73. The van der Waals surface area contributed by atoms with Crippen molar-refractivity contribution < 1.29 is 9.53 Å². The summed E-state index contributed by atoms with van der Waals surface area (Å²) in [6.07, 6.45) is 6.69. The Kier molecular flexibility index (Phi) is 4.59. The van der Waals surface area contributed by atoms with E-state index in [2.05, 4.69) is 5.92 Å². The van der Waals surface area contributed by atoms with Crippen LogP contribution in [0.25, 0.3) is 0 Å². The number of carbonyl (C=O) groups is 1. The van der Waals surface area contributed by atoms with Crippen LogP contribution < -0.4 is 10.5 Å². The fraction of sp³-hybridized carbons (Fsp3) is 0.357. The summed E-state index contributed by atoms with van der Waals surface area (Å²) in [6, 6.07) is 3.47. The number of hydrogen-bond donors (Lipinski definition) is 1. The molecule has 0 aliphatic heterocycles. The molecule has 0 spiro atoms. The highest BCUT2D eigenvalue weighted by molar-refractivity contribution is 5.94. The summed E-state index contributed by atoms with van der Waals surface area (Å²) in [7, 11) is 0. The van der Waals surface area contributed by atoms with Crippen molar-refractivity contribution in [3.8, 4) is 18.1 Å². The highest BCUT2D eigenvalue weighted by Gasteiger charge is 2.10. The SMILES string of the molecule is C#CCCCOc1ccc(C(N)=O)c(C)c1C. The number of benzene rings is 1. The highest BCUT2D eigenvalue weighted by atomic mass is 16.5. The van der Waals surface area contributed by atoms with Crippen LogP contribution in [0.1, 0.15) is 34.3 Å². The summed E-state index contributed by atoms with van der Waals surface area (Å²) >= 11 is 0. The molecule has 90 valence electrons. The van der Waals surface area contributed by atoms with Crippen LogP contribution >= 0.6 is 0 Å². The second kappa shape index (κ2) is 5.95. The summed E-state index contributed by atoms with van der Waals surface area (Å²) in [5.74, 6) is 2.93. The smallest absolute Gasteiger partial charge is 0.248 e. The van der Waals surface area contributed by atoms with Crippen molar-refractivity contribution in [1.82, 2.24) is 0 Å². The van der Waals surface area contributed by atoms with E-state index in [4.69, 9.17) is 16.9 Å². The van der Waals surface area contributed by atoms with Crippen molar-refractivity contribution in [3.05, 3.63) is 28.8 Å². The van der Waals surface area contributed by atoms with Crippen LogP contribution in [-0.4, -0.2) is 12.5 Å². The molecule has 0 saturated heterocycles. The third kappa shape index (κ3) is 3.25. The Bertz CT molecular complexity index is 458. The molecule has 1 rings (SSSR count). The van der Waals surface area contributed by atoms with Crippen molar-refractivity contribution in [2.45, 2.75) is 26.7 Å². The topological polar surface area (TPSA) is 52.3 Å². The first kappa shape index (κ1) is 13.1. The molecule has 0 aromatic heterocycles. The molecule has 0 bridgehead atoms. The first-order chi connectivity index (χ1) is 8.07. The normalized spacial score (nSPS) is 9.71. The Labute approximate surface area is 102 Å². The van der Waals surface area contributed by atoms with Crippen molar-refractivity contribution in [2.75, 3.05) is 6.61 Å². The molecular formula is C14H17NO2. The third-order valence-corrected chi connectivity index (χ3v) is 2.73. The van der Waals surface area contributed by atoms with Gasteiger partial charge in [-0.05, 0) is 43.5 Å². The monoisotopic (exact) mass is 231 g/mol. The maximum Gasteiger partial charge on any atom is 0.248 e. The van der Waals surface area contributed by atoms with Gasteiger partial charge in [-0.3, -0.25) is 4.79 Å². The number of primary amides is 1. The van der Waals surface area contributed by atoms with Gasteiger partial charge in [0.1, 0.15) is 5.75 Å². The highest BCUT2D eigenvalue weighted by Crippen LogP contribution is 2.24. The number of terminal acetylenes is 1. The van der Waals surface area contributed by atoms with Gasteiger partial charge in [-0.2, -0.15) is 0 Å². The minimum absolute atomic E-state index is 0.413. The van der Waals surface area contributed by atoms with Gasteiger partial charge >= 0.3 is 0 Å². The number of hydrogen-bond acceptors (Lipinski definition) is 2. The number of carbonyl (C=O) groups excluding carboxylic acids is 1. The Hall–Kier alpha value is -1.95. The molecule has 17 heavy (non-hydrogen) atoms. The van der Waals surface area contributed by atoms with E-state index in [-0.39, 0.29) is 0 Å². The second-order valence-electron chi connectivity index (χ2n) is 3.88. The number of unbranched alkanes of at least 4 members (excludes halogenated alkanes) is 1. The van der Waals surface area contributed by atoms with Crippen LogP contribution in [0.5, 0.6) is 5.75 Å². The summed E-state index contributed by atoms with van der Waals surface area (Å²) in [5, 5.41) is 0. The van der Waals surface area contributed by atoms with Crippen LogP contribution in [0, 0.1) is 26.2 Å². The zero-order chi connectivity index (χ0) is 12.8. The summed E-state index contributed by atoms with van der Waals surface area (Å²) in [4.78, 5) is 11.1. The molecule has 3 heteroatoms. The van der Waals surface area contributed by atoms with Gasteiger partial charge in [-0.1, -0.05) is 0 Å². The molecular weight excluding hydrogens is 214 g/mol. The molecule has 0 aliphatic carbocycles. The lowest BCUT2D eigenvalue weighted by molar-refractivity contribution is 0.0999. The molecule has 0 fully saturated rings. The maximum absolute atomic E-state index is 11.1. The van der Waals surface area contributed by atoms with Gasteiger partial charge in [-0.25, -0.2) is 0 Å². The molecule has 0 aliphatic rings. The van der Waals surface area contributed by atoms with Crippen molar-refractivity contribution in [2.24, 2.45) is 5.73 Å². The van der Waals surface area contributed by atoms with E-state index >= 15 is 0 Å². The van der Waals surface area contributed by atoms with Crippen LogP contribution in [0.3, 0.4) is 0 Å². The van der Waals surface area contributed by atoms with Gasteiger partial charge < -0.3 is 10.5 Å². The number of nitrogens with two attached hydrogens (primary N) is 1. The molecule has 1 aromatic carbocycles. The lowest BCUT2D eigenvalue weighted by Gasteiger charge is -2.12. The van der Waals surface area contributed by atoms with E-state index in [1.165, 1.54) is 0 Å². The van der Waals surface area contributed by atoms with Gasteiger partial charge in [0.2, 0.25) is 5.91 Å². The van der Waals surface area contributed by atoms with Crippen LogP contribution in [0.15, 0.2) is 12.1 Å². The standard InChI is InChI=1S/C14H17NO2/c1-4-5-6-9-17-13-8-7-12(14(15)16)10(2)11(13)3/h1,7-8H,5-6,9H2,2-3H3,(H2,15,16). The molecule has 0 saturated carbocycles. The van der Waals surface area contributed by atoms with Gasteiger partial charge in [-0.15, -0.1) is 12.3 Å². The number of rotatable bonds is 5. The van der Waals surface area contributed by atoms with Crippen molar-refractivity contribution in [3.63, 3.8) is 0 Å². The molecule has 0 radical (unpaired) electrons. The molecule has 0 heterocycles.